The molecular weight excluding hydrogens is 490 g/mol. The van der Waals surface area contributed by atoms with E-state index in [2.05, 4.69) is 11.6 Å². The number of hydrogen-bond donors (Lipinski definition) is 0. The molecule has 174 valence electrons. The third-order valence-corrected chi connectivity index (χ3v) is 8.45. The second-order valence-corrected chi connectivity index (χ2v) is 10.6. The van der Waals surface area contributed by atoms with Gasteiger partial charge in [0.25, 0.3) is 15.9 Å². The normalized spacial score (nSPS) is 12.1. The lowest BCUT2D eigenvalue weighted by Gasteiger charge is -2.22. The van der Waals surface area contributed by atoms with E-state index >= 15 is 0 Å². The number of anilines is 1. The lowest BCUT2D eigenvalue weighted by atomic mass is 10.2. The third kappa shape index (κ3) is 4.57. The molecule has 6 nitrogen and oxygen atoms in total. The zero-order valence-electron chi connectivity index (χ0n) is 18.4. The number of nitrogens with zero attached hydrogens (tertiary/aromatic N) is 3. The van der Waals surface area contributed by atoms with Crippen LogP contribution in [0, 0.1) is 0 Å². The van der Waals surface area contributed by atoms with Crippen LogP contribution in [0.25, 0.3) is 10.2 Å². The van der Waals surface area contributed by atoms with Crippen LogP contribution >= 0.6 is 22.9 Å². The summed E-state index contributed by atoms with van der Waals surface area (Å²) in [5.41, 5.74) is 1.66. The SMILES string of the molecule is C=CCn1c(=NC(=O)c2ccc(S(=O)(=O)N(CC)c3ccccc3)cc2)sc2cccc(Cl)c21. The molecule has 1 amide bonds. The van der Waals surface area contributed by atoms with Crippen LogP contribution in [0.1, 0.15) is 17.3 Å². The Morgan fingerprint density at radius 3 is 2.44 bits per heavy atom. The van der Waals surface area contributed by atoms with Crippen molar-refractivity contribution in [2.45, 2.75) is 18.4 Å². The molecule has 0 aliphatic rings. The average molecular weight is 512 g/mol. The van der Waals surface area contributed by atoms with Crippen LogP contribution in [0.15, 0.2) is 95.3 Å². The fourth-order valence-corrected chi connectivity index (χ4v) is 6.48. The molecule has 4 rings (SSSR count). The molecule has 0 bridgehead atoms. The van der Waals surface area contributed by atoms with Crippen molar-refractivity contribution < 1.29 is 13.2 Å². The Labute approximate surface area is 207 Å². The first-order valence-electron chi connectivity index (χ1n) is 10.5. The Balaban J connectivity index is 1.68. The maximum absolute atomic E-state index is 13.2. The Hall–Kier alpha value is -3.20. The number of para-hydroxylation sites is 2. The van der Waals surface area contributed by atoms with Gasteiger partial charge in [-0.25, -0.2) is 8.42 Å². The Kier molecular flexibility index (Phi) is 7.02. The van der Waals surface area contributed by atoms with E-state index in [0.29, 0.717) is 22.1 Å². The van der Waals surface area contributed by atoms with E-state index in [1.165, 1.54) is 39.9 Å². The topological polar surface area (TPSA) is 71.7 Å². The van der Waals surface area contributed by atoms with E-state index in [1.807, 2.05) is 22.8 Å². The van der Waals surface area contributed by atoms with Gasteiger partial charge in [0.2, 0.25) is 0 Å². The van der Waals surface area contributed by atoms with Crippen molar-refractivity contribution in [3.05, 3.63) is 101 Å². The third-order valence-electron chi connectivity index (χ3n) is 5.18. The Morgan fingerprint density at radius 1 is 1.09 bits per heavy atom. The first-order chi connectivity index (χ1) is 16.4. The van der Waals surface area contributed by atoms with Gasteiger partial charge in [0.05, 0.1) is 25.8 Å². The number of allylic oxidation sites excluding steroid dienone is 1. The summed E-state index contributed by atoms with van der Waals surface area (Å²) in [6.45, 7) is 6.28. The highest BCUT2D eigenvalue weighted by Crippen LogP contribution is 2.26. The van der Waals surface area contributed by atoms with Crippen molar-refractivity contribution >= 4 is 54.8 Å². The number of hydrogen-bond acceptors (Lipinski definition) is 4. The first-order valence-corrected chi connectivity index (χ1v) is 13.2. The van der Waals surface area contributed by atoms with Gasteiger partial charge >= 0.3 is 0 Å². The molecule has 9 heteroatoms. The molecular formula is C25H22ClN3O3S2. The fraction of sp³-hybridized carbons (Fsp3) is 0.120. The van der Waals surface area contributed by atoms with E-state index in [4.69, 9.17) is 11.6 Å². The molecule has 0 radical (unpaired) electrons. The molecule has 0 saturated carbocycles. The standard InChI is InChI=1S/C25H22ClN3O3S2/c1-3-17-28-23-21(26)11-8-12-22(23)33-25(28)27-24(30)18-13-15-20(16-14-18)34(31,32)29(4-2)19-9-6-5-7-10-19/h3,5-16H,1,4,17H2,2H3. The largest absolute Gasteiger partial charge is 0.311 e. The van der Waals surface area contributed by atoms with Gasteiger partial charge in [0, 0.05) is 18.7 Å². The van der Waals surface area contributed by atoms with Crippen LogP contribution in [0.2, 0.25) is 5.02 Å². The number of halogens is 1. The zero-order valence-corrected chi connectivity index (χ0v) is 20.8. The monoisotopic (exact) mass is 511 g/mol. The van der Waals surface area contributed by atoms with Crippen molar-refractivity contribution in [1.29, 1.82) is 0 Å². The minimum Gasteiger partial charge on any atom is -0.311 e. The van der Waals surface area contributed by atoms with Crippen molar-refractivity contribution in [2.24, 2.45) is 4.99 Å². The maximum atomic E-state index is 13.2. The number of sulfonamides is 1. The molecule has 1 heterocycles. The minimum atomic E-state index is -3.78. The summed E-state index contributed by atoms with van der Waals surface area (Å²) in [4.78, 5) is 17.8. The van der Waals surface area contributed by atoms with E-state index < -0.39 is 15.9 Å². The highest BCUT2D eigenvalue weighted by molar-refractivity contribution is 7.92. The number of carbonyl (C=O) groups excluding carboxylic acids is 1. The molecule has 34 heavy (non-hydrogen) atoms. The van der Waals surface area contributed by atoms with Crippen molar-refractivity contribution in [3.8, 4) is 0 Å². The number of carbonyl (C=O) groups is 1. The smallest absolute Gasteiger partial charge is 0.279 e. The predicted molar refractivity (Wildman–Crippen MR) is 138 cm³/mol. The molecule has 0 unspecified atom stereocenters. The Bertz CT molecular complexity index is 1520. The zero-order chi connectivity index (χ0) is 24.3. The van der Waals surface area contributed by atoms with Crippen LogP contribution in [0.5, 0.6) is 0 Å². The molecule has 1 aromatic heterocycles. The molecule has 0 aliphatic heterocycles. The molecule has 0 N–H and O–H groups in total. The van der Waals surface area contributed by atoms with Gasteiger partial charge in [0.1, 0.15) is 0 Å². The number of fused-ring (bicyclic) bond motifs is 1. The fourth-order valence-electron chi connectivity index (χ4n) is 3.60. The summed E-state index contributed by atoms with van der Waals surface area (Å²) in [5, 5.41) is 0.568. The highest BCUT2D eigenvalue weighted by atomic mass is 35.5. The van der Waals surface area contributed by atoms with E-state index in [0.717, 1.165) is 10.2 Å². The second kappa shape index (κ2) is 9.97. The van der Waals surface area contributed by atoms with Crippen LogP contribution in [0.3, 0.4) is 0 Å². The van der Waals surface area contributed by atoms with Gasteiger partial charge in [-0.1, -0.05) is 53.3 Å². The summed E-state index contributed by atoms with van der Waals surface area (Å²) in [6.07, 6.45) is 1.71. The summed E-state index contributed by atoms with van der Waals surface area (Å²) in [5.74, 6) is -0.472. The molecule has 4 aromatic rings. The van der Waals surface area contributed by atoms with Crippen molar-refractivity contribution in [2.75, 3.05) is 10.8 Å². The van der Waals surface area contributed by atoms with Crippen molar-refractivity contribution in [1.82, 2.24) is 4.57 Å². The number of aromatic nitrogens is 1. The van der Waals surface area contributed by atoms with Crippen LogP contribution in [-0.4, -0.2) is 25.4 Å². The molecule has 0 saturated heterocycles. The van der Waals surface area contributed by atoms with E-state index in [1.54, 1.807) is 43.3 Å². The molecule has 0 aliphatic carbocycles. The number of benzene rings is 3. The van der Waals surface area contributed by atoms with Gasteiger partial charge in [-0.3, -0.25) is 9.10 Å². The first kappa shape index (κ1) is 23.9. The molecule has 0 spiro atoms. The van der Waals surface area contributed by atoms with Gasteiger partial charge in [0.15, 0.2) is 4.80 Å². The second-order valence-electron chi connectivity index (χ2n) is 7.32. The molecule has 3 aromatic carbocycles. The van der Waals surface area contributed by atoms with Gasteiger partial charge in [-0.15, -0.1) is 6.58 Å². The highest BCUT2D eigenvalue weighted by Gasteiger charge is 2.23. The summed E-state index contributed by atoms with van der Waals surface area (Å²) in [6, 6.07) is 20.3. The number of rotatable bonds is 7. The predicted octanol–water partition coefficient (Wildman–Crippen LogP) is 5.50. The van der Waals surface area contributed by atoms with Gasteiger partial charge in [-0.2, -0.15) is 4.99 Å². The van der Waals surface area contributed by atoms with Crippen molar-refractivity contribution in [3.63, 3.8) is 0 Å². The quantitative estimate of drug-likeness (QED) is 0.308. The lowest BCUT2D eigenvalue weighted by Crippen LogP contribution is -2.30. The van der Waals surface area contributed by atoms with E-state index in [-0.39, 0.29) is 17.0 Å². The van der Waals surface area contributed by atoms with E-state index in [9.17, 15) is 13.2 Å². The summed E-state index contributed by atoms with van der Waals surface area (Å²) in [7, 11) is -3.78. The minimum absolute atomic E-state index is 0.102. The van der Waals surface area contributed by atoms with Gasteiger partial charge < -0.3 is 4.57 Å². The van der Waals surface area contributed by atoms with Crippen LogP contribution in [-0.2, 0) is 16.6 Å². The Morgan fingerprint density at radius 2 is 1.79 bits per heavy atom. The van der Waals surface area contributed by atoms with Crippen LogP contribution < -0.4 is 9.11 Å². The number of amides is 1. The van der Waals surface area contributed by atoms with Crippen LogP contribution in [0.4, 0.5) is 5.69 Å². The molecule has 0 atom stereocenters. The number of thiazole rings is 1. The average Bonchev–Trinajstić information content (AvgIpc) is 3.18. The maximum Gasteiger partial charge on any atom is 0.279 e. The summed E-state index contributed by atoms with van der Waals surface area (Å²) >= 11 is 7.72. The summed E-state index contributed by atoms with van der Waals surface area (Å²) < 4.78 is 30.4. The van der Waals surface area contributed by atoms with Gasteiger partial charge in [-0.05, 0) is 55.5 Å². The molecule has 0 fully saturated rings. The lowest BCUT2D eigenvalue weighted by molar-refractivity contribution is 0.0998.